The van der Waals surface area contributed by atoms with Gasteiger partial charge in [-0.15, -0.1) is 0 Å². The van der Waals surface area contributed by atoms with E-state index >= 15 is 0 Å². The number of carbonyl (C=O) groups excluding carboxylic acids is 2. The third-order valence-corrected chi connectivity index (χ3v) is 4.80. The summed E-state index contributed by atoms with van der Waals surface area (Å²) in [5, 5.41) is 6.06. The number of rotatable bonds is 6. The molecule has 0 aliphatic rings. The third kappa shape index (κ3) is 6.88. The van der Waals surface area contributed by atoms with Crippen LogP contribution < -0.4 is 10.6 Å². The predicted octanol–water partition coefficient (Wildman–Crippen LogP) is 4.10. The molecule has 6 nitrogen and oxygen atoms in total. The highest BCUT2D eigenvalue weighted by molar-refractivity contribution is 7.99. The van der Waals surface area contributed by atoms with Crippen molar-refractivity contribution in [1.82, 2.24) is 15.6 Å². The van der Waals surface area contributed by atoms with Crippen molar-refractivity contribution in [3.05, 3.63) is 53.2 Å². The molecule has 0 atom stereocenters. The van der Waals surface area contributed by atoms with Crippen LogP contribution in [0.25, 0.3) is 0 Å². The summed E-state index contributed by atoms with van der Waals surface area (Å²) < 4.78 is 5.16. The molecule has 1 aromatic carbocycles. The molecular formula is C21H27N3O3S. The van der Waals surface area contributed by atoms with Crippen molar-refractivity contribution in [3.63, 3.8) is 0 Å². The first-order valence-corrected chi connectivity index (χ1v) is 9.92. The van der Waals surface area contributed by atoms with Crippen molar-refractivity contribution in [2.75, 3.05) is 13.1 Å². The third-order valence-electron chi connectivity index (χ3n) is 3.79. The lowest BCUT2D eigenvalue weighted by Gasteiger charge is -2.19. The minimum absolute atomic E-state index is 0.231. The Morgan fingerprint density at radius 2 is 1.79 bits per heavy atom. The van der Waals surface area contributed by atoms with E-state index in [4.69, 9.17) is 4.74 Å². The molecule has 0 bridgehead atoms. The highest BCUT2D eigenvalue weighted by Crippen LogP contribution is 2.29. The smallest absolute Gasteiger partial charge is 0.407 e. The molecule has 1 heterocycles. The topological polar surface area (TPSA) is 80.3 Å². The first-order valence-electron chi connectivity index (χ1n) is 9.11. The number of aryl methyl sites for hydroxylation is 2. The molecule has 2 aromatic rings. The van der Waals surface area contributed by atoms with Crippen LogP contribution in [-0.2, 0) is 4.74 Å². The zero-order valence-electron chi connectivity index (χ0n) is 17.0. The van der Waals surface area contributed by atoms with Gasteiger partial charge in [-0.1, -0.05) is 17.8 Å². The van der Waals surface area contributed by atoms with Crippen LogP contribution in [0.1, 0.15) is 42.3 Å². The summed E-state index contributed by atoms with van der Waals surface area (Å²) in [6.07, 6.45) is 1.17. The van der Waals surface area contributed by atoms with Crippen LogP contribution >= 0.6 is 11.8 Å². The lowest BCUT2D eigenvalue weighted by Crippen LogP contribution is -2.38. The molecule has 28 heavy (non-hydrogen) atoms. The summed E-state index contributed by atoms with van der Waals surface area (Å²) in [4.78, 5) is 29.6. The van der Waals surface area contributed by atoms with Gasteiger partial charge in [0.1, 0.15) is 10.6 Å². The molecule has 0 unspecified atom stereocenters. The van der Waals surface area contributed by atoms with E-state index in [1.165, 1.54) is 22.9 Å². The number of carbonyl (C=O) groups is 2. The average Bonchev–Trinajstić information content (AvgIpc) is 2.61. The van der Waals surface area contributed by atoms with Gasteiger partial charge in [-0.05, 0) is 70.0 Å². The van der Waals surface area contributed by atoms with Crippen LogP contribution in [0.5, 0.6) is 0 Å². The zero-order valence-corrected chi connectivity index (χ0v) is 17.8. The normalized spacial score (nSPS) is 11.0. The van der Waals surface area contributed by atoms with E-state index < -0.39 is 11.7 Å². The van der Waals surface area contributed by atoms with Crippen molar-refractivity contribution in [1.29, 1.82) is 0 Å². The maximum absolute atomic E-state index is 12.5. The van der Waals surface area contributed by atoms with Crippen LogP contribution in [0.4, 0.5) is 4.79 Å². The highest BCUT2D eigenvalue weighted by Gasteiger charge is 2.16. The Kier molecular flexibility index (Phi) is 7.45. The molecule has 0 saturated carbocycles. The maximum atomic E-state index is 12.5. The summed E-state index contributed by atoms with van der Waals surface area (Å²) in [5.74, 6) is -0.231. The Bertz CT molecular complexity index is 847. The molecular weight excluding hydrogens is 374 g/mol. The monoisotopic (exact) mass is 401 g/mol. The van der Waals surface area contributed by atoms with E-state index in [1.54, 1.807) is 39.1 Å². The van der Waals surface area contributed by atoms with Gasteiger partial charge in [0, 0.05) is 24.2 Å². The average molecular weight is 402 g/mol. The van der Waals surface area contributed by atoms with Crippen LogP contribution in [0.3, 0.4) is 0 Å². The number of ether oxygens (including phenoxy) is 1. The number of aromatic nitrogens is 1. The van der Waals surface area contributed by atoms with E-state index in [2.05, 4.69) is 41.6 Å². The summed E-state index contributed by atoms with van der Waals surface area (Å²) in [5.41, 5.74) is 2.37. The highest BCUT2D eigenvalue weighted by atomic mass is 32.2. The summed E-state index contributed by atoms with van der Waals surface area (Å²) in [6.45, 7) is 10.1. The van der Waals surface area contributed by atoms with Gasteiger partial charge in [-0.2, -0.15) is 0 Å². The molecule has 1 aromatic heterocycles. The Morgan fingerprint density at radius 1 is 1.07 bits per heavy atom. The van der Waals surface area contributed by atoms with Gasteiger partial charge in [0.15, 0.2) is 0 Å². The van der Waals surface area contributed by atoms with Crippen molar-refractivity contribution >= 4 is 23.8 Å². The number of hydrogen-bond donors (Lipinski definition) is 2. The Morgan fingerprint density at radius 3 is 2.46 bits per heavy atom. The predicted molar refractivity (Wildman–Crippen MR) is 111 cm³/mol. The van der Waals surface area contributed by atoms with Crippen molar-refractivity contribution < 1.29 is 14.3 Å². The van der Waals surface area contributed by atoms with Crippen molar-refractivity contribution in [2.45, 2.75) is 50.1 Å². The van der Waals surface area contributed by atoms with Gasteiger partial charge in [-0.3, -0.25) is 4.79 Å². The number of alkyl carbamates (subject to hydrolysis) is 1. The van der Waals surface area contributed by atoms with Gasteiger partial charge in [0.25, 0.3) is 5.91 Å². The Hall–Kier alpha value is -2.54. The molecule has 150 valence electrons. The Balaban J connectivity index is 1.93. The first-order chi connectivity index (χ1) is 13.2. The van der Waals surface area contributed by atoms with Crippen molar-refractivity contribution in [2.24, 2.45) is 0 Å². The van der Waals surface area contributed by atoms with Gasteiger partial charge < -0.3 is 15.4 Å². The summed E-state index contributed by atoms with van der Waals surface area (Å²) >= 11 is 1.45. The number of hydrogen-bond acceptors (Lipinski definition) is 5. The van der Waals surface area contributed by atoms with E-state index in [1.807, 2.05) is 6.07 Å². The van der Waals surface area contributed by atoms with E-state index in [9.17, 15) is 9.59 Å². The lowest BCUT2D eigenvalue weighted by molar-refractivity contribution is 0.0526. The zero-order chi connectivity index (χ0) is 20.7. The van der Waals surface area contributed by atoms with Crippen molar-refractivity contribution in [3.8, 4) is 0 Å². The fourth-order valence-corrected chi connectivity index (χ4v) is 3.26. The quantitative estimate of drug-likeness (QED) is 0.712. The SMILES string of the molecule is Cc1ccc(Sc2ncccc2C(=O)NCCNC(=O)OC(C)(C)C)cc1C. The molecule has 2 amide bonds. The molecule has 0 aliphatic carbocycles. The van der Waals surface area contributed by atoms with Crippen LogP contribution in [0.2, 0.25) is 0 Å². The molecule has 0 spiro atoms. The Labute approximate surface area is 170 Å². The fraction of sp³-hybridized carbons (Fsp3) is 0.381. The molecule has 0 radical (unpaired) electrons. The minimum atomic E-state index is -0.552. The van der Waals surface area contributed by atoms with Crippen LogP contribution in [0.15, 0.2) is 46.5 Å². The molecule has 2 rings (SSSR count). The van der Waals surface area contributed by atoms with Gasteiger partial charge in [0.05, 0.1) is 5.56 Å². The molecule has 0 aliphatic heterocycles. The largest absolute Gasteiger partial charge is 0.444 e. The molecule has 0 fully saturated rings. The first kappa shape index (κ1) is 21.8. The number of benzene rings is 1. The second kappa shape index (κ2) is 9.59. The molecule has 7 heteroatoms. The number of nitrogens with one attached hydrogen (secondary N) is 2. The van der Waals surface area contributed by atoms with E-state index in [-0.39, 0.29) is 12.5 Å². The van der Waals surface area contributed by atoms with Gasteiger partial charge in [0.2, 0.25) is 0 Å². The molecule has 0 saturated heterocycles. The standard InChI is InChI=1S/C21H27N3O3S/c1-14-8-9-16(13-15(14)2)28-19-17(7-6-10-23-19)18(25)22-11-12-24-20(26)27-21(3,4)5/h6-10,13H,11-12H2,1-5H3,(H,22,25)(H,24,26). The molecule has 2 N–H and O–H groups in total. The lowest BCUT2D eigenvalue weighted by atomic mass is 10.1. The second-order valence-electron chi connectivity index (χ2n) is 7.39. The number of nitrogens with zero attached hydrogens (tertiary/aromatic N) is 1. The van der Waals surface area contributed by atoms with Crippen LogP contribution in [0, 0.1) is 13.8 Å². The van der Waals surface area contributed by atoms with Gasteiger partial charge in [-0.25, -0.2) is 9.78 Å². The number of pyridine rings is 1. The maximum Gasteiger partial charge on any atom is 0.407 e. The second-order valence-corrected chi connectivity index (χ2v) is 8.45. The van der Waals surface area contributed by atoms with Crippen LogP contribution in [-0.4, -0.2) is 35.7 Å². The summed E-state index contributed by atoms with van der Waals surface area (Å²) in [7, 11) is 0. The van der Waals surface area contributed by atoms with E-state index in [0.717, 1.165) is 4.90 Å². The fourth-order valence-electron chi connectivity index (χ4n) is 2.28. The van der Waals surface area contributed by atoms with Gasteiger partial charge >= 0.3 is 6.09 Å². The number of amides is 2. The minimum Gasteiger partial charge on any atom is -0.444 e. The summed E-state index contributed by atoms with van der Waals surface area (Å²) in [6, 6.07) is 9.64. The van der Waals surface area contributed by atoms with E-state index in [0.29, 0.717) is 17.1 Å².